The molecule has 0 unspecified atom stereocenters. The highest BCUT2D eigenvalue weighted by molar-refractivity contribution is 6.06. The zero-order chi connectivity index (χ0) is 19.8. The van der Waals surface area contributed by atoms with Gasteiger partial charge in [-0.3, -0.25) is 9.59 Å². The number of aromatic hydroxyl groups is 1. The summed E-state index contributed by atoms with van der Waals surface area (Å²) in [6.45, 7) is 0.521. The van der Waals surface area contributed by atoms with Crippen molar-refractivity contribution in [3.05, 3.63) is 83.9 Å². The van der Waals surface area contributed by atoms with Crippen molar-refractivity contribution in [1.29, 1.82) is 0 Å². The monoisotopic (exact) mass is 376 g/mol. The molecule has 3 aromatic carbocycles. The topological polar surface area (TPSA) is 87.7 Å². The summed E-state index contributed by atoms with van der Waals surface area (Å²) in [7, 11) is 0. The minimum absolute atomic E-state index is 0.104. The number of amides is 2. The third kappa shape index (κ3) is 5.11. The lowest BCUT2D eigenvalue weighted by atomic mass is 10.1. The number of phenols is 1. The van der Waals surface area contributed by atoms with E-state index in [-0.39, 0.29) is 11.3 Å². The van der Waals surface area contributed by atoms with Crippen molar-refractivity contribution in [3.63, 3.8) is 0 Å². The Kier molecular flexibility index (Phi) is 6.25. The highest BCUT2D eigenvalue weighted by atomic mass is 16.5. The first-order valence-corrected chi connectivity index (χ1v) is 8.77. The molecule has 6 nitrogen and oxygen atoms in total. The number of anilines is 2. The maximum Gasteiger partial charge on any atom is 0.259 e. The second-order valence-corrected chi connectivity index (χ2v) is 6.06. The van der Waals surface area contributed by atoms with Gasteiger partial charge in [-0.1, -0.05) is 36.4 Å². The Hall–Kier alpha value is -3.80. The summed E-state index contributed by atoms with van der Waals surface area (Å²) in [5.41, 5.74) is 2.25. The normalized spacial score (nSPS) is 10.1. The smallest absolute Gasteiger partial charge is 0.259 e. The largest absolute Gasteiger partial charge is 0.507 e. The van der Waals surface area contributed by atoms with Crippen molar-refractivity contribution in [2.45, 2.75) is 6.42 Å². The van der Waals surface area contributed by atoms with Crippen LogP contribution in [0.25, 0.3) is 0 Å². The number of carbonyl (C=O) groups is 2. The molecule has 2 amide bonds. The van der Waals surface area contributed by atoms with E-state index in [4.69, 9.17) is 4.74 Å². The first-order valence-electron chi connectivity index (χ1n) is 8.77. The van der Waals surface area contributed by atoms with Gasteiger partial charge < -0.3 is 20.5 Å². The van der Waals surface area contributed by atoms with Gasteiger partial charge in [0.05, 0.1) is 12.2 Å². The van der Waals surface area contributed by atoms with E-state index in [0.717, 1.165) is 6.42 Å². The summed E-state index contributed by atoms with van der Waals surface area (Å²) in [6.07, 6.45) is 1.28. The number of carbonyl (C=O) groups excluding carboxylic acids is 2. The van der Waals surface area contributed by atoms with E-state index in [1.54, 1.807) is 18.2 Å². The molecular weight excluding hydrogens is 356 g/mol. The molecule has 0 atom stereocenters. The summed E-state index contributed by atoms with van der Waals surface area (Å²) in [5.74, 6) is -0.0420. The number of hydrogen-bond acceptors (Lipinski definition) is 4. The van der Waals surface area contributed by atoms with Crippen molar-refractivity contribution in [2.24, 2.45) is 0 Å². The summed E-state index contributed by atoms with van der Waals surface area (Å²) >= 11 is 0. The molecule has 142 valence electrons. The lowest BCUT2D eigenvalue weighted by molar-refractivity contribution is -0.105. The Balaban J connectivity index is 1.60. The number of benzene rings is 3. The van der Waals surface area contributed by atoms with Gasteiger partial charge in [0.15, 0.2) is 0 Å². The second-order valence-electron chi connectivity index (χ2n) is 6.06. The summed E-state index contributed by atoms with van der Waals surface area (Å²) in [6, 6.07) is 21.4. The highest BCUT2D eigenvalue weighted by Crippen LogP contribution is 2.24. The van der Waals surface area contributed by atoms with Crippen LogP contribution < -0.4 is 15.4 Å². The molecule has 3 rings (SSSR count). The van der Waals surface area contributed by atoms with Gasteiger partial charge in [-0.15, -0.1) is 0 Å². The fourth-order valence-corrected chi connectivity index (χ4v) is 2.67. The molecule has 0 heterocycles. The fraction of sp³-hybridized carbons (Fsp3) is 0.0909. The van der Waals surface area contributed by atoms with Crippen molar-refractivity contribution in [2.75, 3.05) is 17.2 Å². The van der Waals surface area contributed by atoms with E-state index in [0.29, 0.717) is 30.1 Å². The Morgan fingerprint density at radius 3 is 2.54 bits per heavy atom. The van der Waals surface area contributed by atoms with Crippen molar-refractivity contribution < 1.29 is 19.4 Å². The van der Waals surface area contributed by atoms with Crippen LogP contribution in [0.2, 0.25) is 0 Å². The molecule has 0 aromatic heterocycles. The third-order valence-electron chi connectivity index (χ3n) is 4.06. The zero-order valence-corrected chi connectivity index (χ0v) is 15.1. The summed E-state index contributed by atoms with van der Waals surface area (Å²) in [5, 5.41) is 15.1. The Morgan fingerprint density at radius 1 is 0.964 bits per heavy atom. The molecular formula is C22H20N2O4. The molecule has 0 spiro atoms. The minimum Gasteiger partial charge on any atom is -0.507 e. The van der Waals surface area contributed by atoms with Crippen LogP contribution in [0.5, 0.6) is 11.5 Å². The average molecular weight is 376 g/mol. The predicted molar refractivity (Wildman–Crippen MR) is 108 cm³/mol. The van der Waals surface area contributed by atoms with Crippen LogP contribution in [0.15, 0.2) is 72.8 Å². The first-order chi connectivity index (χ1) is 13.7. The zero-order valence-electron chi connectivity index (χ0n) is 15.1. The van der Waals surface area contributed by atoms with Gasteiger partial charge in [0.25, 0.3) is 5.91 Å². The molecule has 28 heavy (non-hydrogen) atoms. The molecule has 3 N–H and O–H groups in total. The number of rotatable bonds is 8. The third-order valence-corrected chi connectivity index (χ3v) is 4.06. The fourth-order valence-electron chi connectivity index (χ4n) is 2.67. The van der Waals surface area contributed by atoms with Crippen LogP contribution in [0, 0.1) is 0 Å². The number of ether oxygens (including phenoxy) is 1. The van der Waals surface area contributed by atoms with Crippen LogP contribution in [0.4, 0.5) is 11.4 Å². The quantitative estimate of drug-likeness (QED) is 0.521. The van der Waals surface area contributed by atoms with Crippen LogP contribution >= 0.6 is 0 Å². The Morgan fingerprint density at radius 2 is 1.79 bits per heavy atom. The molecule has 0 aliphatic rings. The predicted octanol–water partition coefficient (Wildman–Crippen LogP) is 3.83. The average Bonchev–Trinajstić information content (AvgIpc) is 2.69. The van der Waals surface area contributed by atoms with Gasteiger partial charge in [0.2, 0.25) is 6.41 Å². The minimum atomic E-state index is -0.461. The van der Waals surface area contributed by atoms with Gasteiger partial charge in [-0.2, -0.15) is 0 Å². The lowest BCUT2D eigenvalue weighted by Crippen LogP contribution is -2.12. The number of hydrogen-bond donors (Lipinski definition) is 3. The van der Waals surface area contributed by atoms with Crippen molar-refractivity contribution in [3.8, 4) is 11.5 Å². The molecule has 3 aromatic rings. The van der Waals surface area contributed by atoms with Gasteiger partial charge >= 0.3 is 0 Å². The first kappa shape index (κ1) is 19.0. The molecule has 0 bridgehead atoms. The van der Waals surface area contributed by atoms with Crippen LogP contribution in [0.1, 0.15) is 15.9 Å². The van der Waals surface area contributed by atoms with Crippen LogP contribution in [0.3, 0.4) is 0 Å². The van der Waals surface area contributed by atoms with E-state index in [2.05, 4.69) is 10.6 Å². The maximum atomic E-state index is 12.4. The van der Waals surface area contributed by atoms with Crippen LogP contribution in [-0.2, 0) is 11.2 Å². The van der Waals surface area contributed by atoms with Crippen molar-refractivity contribution in [1.82, 2.24) is 0 Å². The van der Waals surface area contributed by atoms with E-state index in [1.807, 2.05) is 36.4 Å². The van der Waals surface area contributed by atoms with Crippen LogP contribution in [-0.4, -0.2) is 24.0 Å². The Labute approximate surface area is 162 Å². The highest BCUT2D eigenvalue weighted by Gasteiger charge is 2.12. The van der Waals surface area contributed by atoms with Gasteiger partial charge in [0, 0.05) is 29.9 Å². The molecule has 6 heteroatoms. The lowest BCUT2D eigenvalue weighted by Gasteiger charge is -2.10. The van der Waals surface area contributed by atoms with Crippen molar-refractivity contribution >= 4 is 23.7 Å². The van der Waals surface area contributed by atoms with E-state index in [1.165, 1.54) is 23.8 Å². The molecule has 0 saturated heterocycles. The van der Waals surface area contributed by atoms with E-state index >= 15 is 0 Å². The van der Waals surface area contributed by atoms with Gasteiger partial charge in [0.1, 0.15) is 11.5 Å². The second kappa shape index (κ2) is 9.23. The molecule has 0 radical (unpaired) electrons. The Bertz CT molecular complexity index is 958. The summed E-state index contributed by atoms with van der Waals surface area (Å²) in [4.78, 5) is 22.9. The van der Waals surface area contributed by atoms with Gasteiger partial charge in [-0.05, 0) is 29.8 Å². The molecule has 0 aliphatic heterocycles. The van der Waals surface area contributed by atoms with Gasteiger partial charge in [-0.25, -0.2) is 0 Å². The van der Waals surface area contributed by atoms with E-state index in [9.17, 15) is 14.7 Å². The molecule has 0 aliphatic carbocycles. The SMILES string of the molecule is O=CNc1ccc(C(=O)Nc2cccc(OCCc3ccccc3)c2)c(O)c1. The molecule has 0 fully saturated rings. The standard InChI is InChI=1S/C22H20N2O4/c25-15-23-17-9-10-20(21(26)14-17)22(27)24-18-7-4-8-19(13-18)28-12-11-16-5-2-1-3-6-16/h1-10,13-15,26H,11-12H2,(H,23,25)(H,24,27). The maximum absolute atomic E-state index is 12.4. The van der Waals surface area contributed by atoms with E-state index < -0.39 is 5.91 Å². The number of nitrogens with one attached hydrogen (secondary N) is 2. The number of phenolic OH excluding ortho intramolecular Hbond substituents is 1. The molecule has 0 saturated carbocycles. The summed E-state index contributed by atoms with van der Waals surface area (Å²) < 4.78 is 5.76.